The number of fused-ring (bicyclic) bond motifs is 2. The van der Waals surface area contributed by atoms with Gasteiger partial charge in [0.15, 0.2) is 11.5 Å². The number of nitrogens with one attached hydrogen (secondary N) is 2. The first-order chi connectivity index (χ1) is 16.5. The number of nitrogens with zero attached hydrogens (tertiary/aromatic N) is 3. The van der Waals surface area contributed by atoms with Crippen molar-refractivity contribution in [2.45, 2.75) is 51.5 Å². The summed E-state index contributed by atoms with van der Waals surface area (Å²) in [5, 5.41) is 12.5. The first-order valence-electron chi connectivity index (χ1n) is 11.6. The van der Waals surface area contributed by atoms with Crippen LogP contribution in [0.15, 0.2) is 64.9 Å². The summed E-state index contributed by atoms with van der Waals surface area (Å²) in [6.45, 7) is 3.61. The highest BCUT2D eigenvalue weighted by molar-refractivity contribution is 5.94. The van der Waals surface area contributed by atoms with Gasteiger partial charge in [0.2, 0.25) is 0 Å². The van der Waals surface area contributed by atoms with Crippen LogP contribution in [-0.4, -0.2) is 33.2 Å². The molecule has 8 nitrogen and oxygen atoms in total. The number of carbonyl (C=O) groups is 2. The Hall–Kier alpha value is -3.94. The quantitative estimate of drug-likeness (QED) is 0.585. The molecule has 2 atom stereocenters. The number of aromatic nitrogens is 2. The number of benzene rings is 2. The molecule has 2 aliphatic rings. The van der Waals surface area contributed by atoms with Gasteiger partial charge in [0.1, 0.15) is 6.04 Å². The van der Waals surface area contributed by atoms with E-state index in [1.807, 2.05) is 55.5 Å². The third-order valence-electron chi connectivity index (χ3n) is 6.56. The number of hydrazine groups is 1. The normalized spacial score (nSPS) is 18.6. The summed E-state index contributed by atoms with van der Waals surface area (Å²) < 4.78 is 4.92. The van der Waals surface area contributed by atoms with E-state index in [1.54, 1.807) is 6.92 Å². The summed E-state index contributed by atoms with van der Waals surface area (Å²) in [6, 6.07) is 16.8. The predicted octanol–water partition coefficient (Wildman–Crippen LogP) is 4.50. The number of hydrogen-bond acceptors (Lipinski definition) is 6. The monoisotopic (exact) mass is 457 g/mol. The van der Waals surface area contributed by atoms with Crippen LogP contribution in [-0.2, 0) is 9.59 Å². The van der Waals surface area contributed by atoms with E-state index in [4.69, 9.17) is 4.63 Å². The molecule has 1 unspecified atom stereocenters. The lowest BCUT2D eigenvalue weighted by atomic mass is 9.87. The van der Waals surface area contributed by atoms with Gasteiger partial charge >= 0.3 is 0 Å². The van der Waals surface area contributed by atoms with Gasteiger partial charge in [-0.3, -0.25) is 15.0 Å². The molecular formula is C26H27N5O3. The fraction of sp³-hybridized carbons (Fsp3) is 0.308. The van der Waals surface area contributed by atoms with Gasteiger partial charge in [-0.15, -0.1) is 0 Å². The average Bonchev–Trinajstić information content (AvgIpc) is 3.32. The molecule has 0 radical (unpaired) electrons. The van der Waals surface area contributed by atoms with Crippen LogP contribution in [0.5, 0.6) is 0 Å². The van der Waals surface area contributed by atoms with Crippen molar-refractivity contribution in [2.24, 2.45) is 0 Å². The van der Waals surface area contributed by atoms with Crippen molar-refractivity contribution in [3.05, 3.63) is 71.4 Å². The fourth-order valence-electron chi connectivity index (χ4n) is 4.70. The second-order valence-corrected chi connectivity index (χ2v) is 8.78. The van der Waals surface area contributed by atoms with Gasteiger partial charge in [0.05, 0.1) is 5.92 Å². The Balaban J connectivity index is 1.39. The molecule has 8 heteroatoms. The fourth-order valence-corrected chi connectivity index (χ4v) is 4.70. The lowest BCUT2D eigenvalue weighted by molar-refractivity contribution is -0.140. The summed E-state index contributed by atoms with van der Waals surface area (Å²) in [7, 11) is 0. The van der Waals surface area contributed by atoms with Crippen LogP contribution in [0.1, 0.15) is 56.6 Å². The Morgan fingerprint density at radius 2 is 1.79 bits per heavy atom. The van der Waals surface area contributed by atoms with E-state index in [9.17, 15) is 9.59 Å². The summed E-state index contributed by atoms with van der Waals surface area (Å²) >= 11 is 0. The van der Waals surface area contributed by atoms with Gasteiger partial charge in [-0.1, -0.05) is 54.6 Å². The molecule has 174 valence electrons. The van der Waals surface area contributed by atoms with Gasteiger partial charge in [-0.2, -0.15) is 0 Å². The second-order valence-electron chi connectivity index (χ2n) is 8.78. The standard InChI is InChI=1S/C26H27N5O3/c1-16-19-12-6-7-13-20(19)21-14-8-9-15-22(21)31(26(16)33)28-25(32)17(2)27-24-23(29-34-30-24)18-10-4-3-5-11-18/h3-7,10-13,16-17H,8-9,14-15H2,1-2H3,(H,27,30)(H,28,32)/t16?,17-/m0/s1. The molecule has 1 aliphatic heterocycles. The van der Waals surface area contributed by atoms with Crippen molar-refractivity contribution in [3.8, 4) is 11.3 Å². The second kappa shape index (κ2) is 9.13. The van der Waals surface area contributed by atoms with Crippen molar-refractivity contribution >= 4 is 23.2 Å². The first-order valence-corrected chi connectivity index (χ1v) is 11.6. The molecule has 0 bridgehead atoms. The zero-order valence-electron chi connectivity index (χ0n) is 19.2. The summed E-state index contributed by atoms with van der Waals surface area (Å²) in [6.07, 6.45) is 3.68. The molecule has 2 aromatic carbocycles. The van der Waals surface area contributed by atoms with E-state index in [-0.39, 0.29) is 17.7 Å². The number of carbonyl (C=O) groups excluding carboxylic acids is 2. The molecule has 1 aliphatic carbocycles. The molecule has 5 rings (SSSR count). The van der Waals surface area contributed by atoms with Crippen LogP contribution in [0.2, 0.25) is 0 Å². The van der Waals surface area contributed by atoms with Crippen molar-refractivity contribution < 1.29 is 14.2 Å². The van der Waals surface area contributed by atoms with E-state index < -0.39 is 6.04 Å². The molecule has 0 saturated heterocycles. The Morgan fingerprint density at radius 3 is 2.62 bits per heavy atom. The van der Waals surface area contributed by atoms with E-state index in [0.717, 1.165) is 53.6 Å². The van der Waals surface area contributed by atoms with E-state index in [2.05, 4.69) is 27.1 Å². The van der Waals surface area contributed by atoms with Gasteiger partial charge in [-0.05, 0) is 66.5 Å². The maximum absolute atomic E-state index is 13.5. The number of anilines is 1. The smallest absolute Gasteiger partial charge is 0.261 e. The average molecular weight is 458 g/mol. The van der Waals surface area contributed by atoms with E-state index in [0.29, 0.717) is 11.5 Å². The predicted molar refractivity (Wildman–Crippen MR) is 128 cm³/mol. The summed E-state index contributed by atoms with van der Waals surface area (Å²) in [5.41, 5.74) is 8.39. The van der Waals surface area contributed by atoms with Crippen LogP contribution in [0.3, 0.4) is 0 Å². The third-order valence-corrected chi connectivity index (χ3v) is 6.56. The summed E-state index contributed by atoms with van der Waals surface area (Å²) in [5.74, 6) is -0.469. The van der Waals surface area contributed by atoms with Crippen molar-refractivity contribution in [1.82, 2.24) is 20.7 Å². The molecule has 3 aromatic rings. The van der Waals surface area contributed by atoms with Gasteiger partial charge in [-0.25, -0.2) is 9.64 Å². The lowest BCUT2D eigenvalue weighted by Crippen LogP contribution is -2.51. The summed E-state index contributed by atoms with van der Waals surface area (Å²) in [4.78, 5) is 26.7. The van der Waals surface area contributed by atoms with Crippen LogP contribution in [0, 0.1) is 0 Å². The number of amides is 2. The van der Waals surface area contributed by atoms with Crippen LogP contribution >= 0.6 is 0 Å². The molecule has 0 spiro atoms. The van der Waals surface area contributed by atoms with Crippen LogP contribution in [0.25, 0.3) is 16.8 Å². The Kier molecular flexibility index (Phi) is 5.88. The molecular weight excluding hydrogens is 430 g/mol. The van der Waals surface area contributed by atoms with Gasteiger partial charge < -0.3 is 5.32 Å². The molecule has 2 N–H and O–H groups in total. The van der Waals surface area contributed by atoms with Crippen molar-refractivity contribution in [1.29, 1.82) is 0 Å². The third kappa shape index (κ3) is 3.96. The van der Waals surface area contributed by atoms with E-state index in [1.165, 1.54) is 5.01 Å². The van der Waals surface area contributed by atoms with Crippen molar-refractivity contribution in [2.75, 3.05) is 5.32 Å². The molecule has 0 fully saturated rings. The molecule has 2 heterocycles. The van der Waals surface area contributed by atoms with Crippen LogP contribution in [0.4, 0.5) is 5.82 Å². The molecule has 34 heavy (non-hydrogen) atoms. The minimum atomic E-state index is -0.685. The largest absolute Gasteiger partial charge is 0.354 e. The molecule has 1 aromatic heterocycles. The highest BCUT2D eigenvalue weighted by atomic mass is 16.6. The van der Waals surface area contributed by atoms with E-state index >= 15 is 0 Å². The molecule has 0 saturated carbocycles. The van der Waals surface area contributed by atoms with Gasteiger partial charge in [0.25, 0.3) is 11.8 Å². The van der Waals surface area contributed by atoms with Gasteiger partial charge in [0, 0.05) is 11.3 Å². The Labute approximate surface area is 198 Å². The Morgan fingerprint density at radius 1 is 1.06 bits per heavy atom. The zero-order chi connectivity index (χ0) is 23.7. The maximum Gasteiger partial charge on any atom is 0.261 e. The van der Waals surface area contributed by atoms with Crippen LogP contribution < -0.4 is 10.7 Å². The Bertz CT molecular complexity index is 1250. The lowest BCUT2D eigenvalue weighted by Gasteiger charge is -2.31. The van der Waals surface area contributed by atoms with Crippen molar-refractivity contribution in [3.63, 3.8) is 0 Å². The number of allylic oxidation sites excluding steroid dienone is 2. The molecule has 2 amide bonds. The minimum absolute atomic E-state index is 0.132. The SMILES string of the molecule is CC1C(=O)N(NC(=O)[C@H](C)Nc2nonc2-c2ccccc2)C2=C(CCCC2)c2ccccc21. The number of rotatable bonds is 5. The topological polar surface area (TPSA) is 100 Å². The number of hydrogen-bond donors (Lipinski definition) is 2. The highest BCUT2D eigenvalue weighted by Crippen LogP contribution is 2.41. The maximum atomic E-state index is 13.5. The zero-order valence-corrected chi connectivity index (χ0v) is 19.2. The first kappa shape index (κ1) is 21.9. The highest BCUT2D eigenvalue weighted by Gasteiger charge is 2.35. The minimum Gasteiger partial charge on any atom is -0.354 e.